The summed E-state index contributed by atoms with van der Waals surface area (Å²) in [5, 5.41) is 5.47. The van der Waals surface area contributed by atoms with Crippen LogP contribution in [0.25, 0.3) is 0 Å². The molecule has 0 radical (unpaired) electrons. The quantitative estimate of drug-likeness (QED) is 0.840. The van der Waals surface area contributed by atoms with Crippen LogP contribution in [0.2, 0.25) is 0 Å². The van der Waals surface area contributed by atoms with Crippen LogP contribution in [-0.4, -0.2) is 43.1 Å². The molecule has 1 aromatic heterocycles. The Morgan fingerprint density at radius 3 is 2.86 bits per heavy atom. The van der Waals surface area contributed by atoms with Crippen LogP contribution >= 0.6 is 0 Å². The van der Waals surface area contributed by atoms with Crippen molar-refractivity contribution in [3.63, 3.8) is 0 Å². The van der Waals surface area contributed by atoms with Crippen LogP contribution in [0.1, 0.15) is 23.5 Å². The van der Waals surface area contributed by atoms with Crippen molar-refractivity contribution in [2.45, 2.75) is 18.9 Å². The zero-order chi connectivity index (χ0) is 19.5. The van der Waals surface area contributed by atoms with Crippen LogP contribution in [-0.2, 0) is 20.9 Å². The van der Waals surface area contributed by atoms with Crippen molar-refractivity contribution in [2.24, 2.45) is 0 Å². The van der Waals surface area contributed by atoms with Crippen LogP contribution in [0.3, 0.4) is 0 Å². The zero-order valence-corrected chi connectivity index (χ0v) is 15.3. The summed E-state index contributed by atoms with van der Waals surface area (Å²) in [4.78, 5) is 31.1. The van der Waals surface area contributed by atoms with Gasteiger partial charge in [-0.3, -0.25) is 9.59 Å². The highest BCUT2D eigenvalue weighted by Crippen LogP contribution is 2.32. The first-order chi connectivity index (χ1) is 13.6. The van der Waals surface area contributed by atoms with Crippen LogP contribution in [0, 0.1) is 5.82 Å². The minimum absolute atomic E-state index is 0.0404. The van der Waals surface area contributed by atoms with Crippen molar-refractivity contribution in [1.82, 2.24) is 10.3 Å². The fraction of sp³-hybridized carbons (Fsp3) is 0.350. The summed E-state index contributed by atoms with van der Waals surface area (Å²) in [7, 11) is 0. The molecule has 0 aliphatic carbocycles. The van der Waals surface area contributed by atoms with Gasteiger partial charge in [-0.2, -0.15) is 0 Å². The van der Waals surface area contributed by atoms with Gasteiger partial charge in [0.25, 0.3) is 0 Å². The molecule has 8 heteroatoms. The number of hydrogen-bond acceptors (Lipinski definition) is 5. The molecule has 2 amide bonds. The van der Waals surface area contributed by atoms with Gasteiger partial charge in [-0.1, -0.05) is 12.1 Å². The number of carbonyl (C=O) groups is 2. The Bertz CT molecular complexity index is 882. The van der Waals surface area contributed by atoms with E-state index in [9.17, 15) is 14.0 Å². The molecule has 2 aliphatic rings. The number of nitrogens with one attached hydrogen (secondary N) is 2. The largest absolute Gasteiger partial charge is 0.378 e. The van der Waals surface area contributed by atoms with E-state index < -0.39 is 11.7 Å². The molecule has 0 bridgehead atoms. The third kappa shape index (κ3) is 3.96. The first-order valence-electron chi connectivity index (χ1n) is 9.25. The Morgan fingerprint density at radius 2 is 2.11 bits per heavy atom. The van der Waals surface area contributed by atoms with Crippen LogP contribution in [0.4, 0.5) is 15.9 Å². The molecule has 7 nitrogen and oxygen atoms in total. The Kier molecular flexibility index (Phi) is 5.21. The molecule has 4 rings (SSSR count). The number of ether oxygens (including phenoxy) is 1. The maximum atomic E-state index is 13.4. The van der Waals surface area contributed by atoms with Gasteiger partial charge in [0.1, 0.15) is 11.6 Å². The molecule has 2 N–H and O–H groups in total. The van der Waals surface area contributed by atoms with E-state index in [-0.39, 0.29) is 18.2 Å². The van der Waals surface area contributed by atoms with Crippen molar-refractivity contribution < 1.29 is 18.7 Å². The average molecular weight is 384 g/mol. The van der Waals surface area contributed by atoms with Gasteiger partial charge in [-0.25, -0.2) is 9.37 Å². The topological polar surface area (TPSA) is 83.6 Å². The molecule has 28 heavy (non-hydrogen) atoms. The molecule has 146 valence electrons. The second-order valence-electron chi connectivity index (χ2n) is 6.88. The number of aromatic nitrogens is 1. The maximum absolute atomic E-state index is 13.4. The number of rotatable bonds is 4. The lowest BCUT2D eigenvalue weighted by Gasteiger charge is -2.27. The van der Waals surface area contributed by atoms with Crippen molar-refractivity contribution >= 4 is 23.3 Å². The SMILES string of the molecule is O=C1C[C@@H](C(=O)NCc2ccc(N3CCOCC3)nc2)c2ccc(F)cc2N1. The molecule has 1 saturated heterocycles. The molecule has 3 heterocycles. The highest BCUT2D eigenvalue weighted by Gasteiger charge is 2.30. The summed E-state index contributed by atoms with van der Waals surface area (Å²) in [5.74, 6) is -0.760. The van der Waals surface area contributed by atoms with E-state index in [2.05, 4.69) is 20.5 Å². The van der Waals surface area contributed by atoms with Crippen molar-refractivity contribution in [3.05, 3.63) is 53.5 Å². The second-order valence-corrected chi connectivity index (χ2v) is 6.88. The number of pyridine rings is 1. The van der Waals surface area contributed by atoms with Crippen LogP contribution in [0.15, 0.2) is 36.5 Å². The van der Waals surface area contributed by atoms with Gasteiger partial charge in [0.2, 0.25) is 11.8 Å². The summed E-state index contributed by atoms with van der Waals surface area (Å²) < 4.78 is 18.8. The third-order valence-corrected chi connectivity index (χ3v) is 4.98. The highest BCUT2D eigenvalue weighted by atomic mass is 19.1. The molecular weight excluding hydrogens is 363 g/mol. The summed E-state index contributed by atoms with van der Waals surface area (Å²) >= 11 is 0. The zero-order valence-electron chi connectivity index (χ0n) is 15.3. The number of halogens is 1. The summed E-state index contributed by atoms with van der Waals surface area (Å²) in [5.41, 5.74) is 1.84. The minimum Gasteiger partial charge on any atom is -0.378 e. The molecule has 1 aromatic carbocycles. The van der Waals surface area contributed by atoms with Gasteiger partial charge in [0, 0.05) is 37.9 Å². The predicted octanol–water partition coefficient (Wildman–Crippen LogP) is 1.80. The normalized spacial score (nSPS) is 19.0. The van der Waals surface area contributed by atoms with Gasteiger partial charge in [0.05, 0.1) is 19.1 Å². The smallest absolute Gasteiger partial charge is 0.228 e. The van der Waals surface area contributed by atoms with Gasteiger partial charge in [-0.05, 0) is 29.3 Å². The fourth-order valence-electron chi connectivity index (χ4n) is 3.48. The fourth-order valence-corrected chi connectivity index (χ4v) is 3.48. The van der Waals surface area contributed by atoms with Crippen LogP contribution in [0.5, 0.6) is 0 Å². The average Bonchev–Trinajstić information content (AvgIpc) is 2.72. The number of nitrogens with zero attached hydrogens (tertiary/aromatic N) is 2. The van der Waals surface area contributed by atoms with E-state index in [4.69, 9.17) is 4.74 Å². The predicted molar refractivity (Wildman–Crippen MR) is 102 cm³/mol. The second kappa shape index (κ2) is 7.93. The number of benzene rings is 1. The molecule has 1 fully saturated rings. The van der Waals surface area contributed by atoms with E-state index in [0.29, 0.717) is 31.0 Å². The van der Waals surface area contributed by atoms with E-state index in [1.807, 2.05) is 12.1 Å². The summed E-state index contributed by atoms with van der Waals surface area (Å²) in [6.45, 7) is 3.32. The highest BCUT2D eigenvalue weighted by molar-refractivity contribution is 6.01. The lowest BCUT2D eigenvalue weighted by atomic mass is 9.89. The first-order valence-corrected chi connectivity index (χ1v) is 9.25. The van der Waals surface area contributed by atoms with E-state index >= 15 is 0 Å². The molecule has 2 aromatic rings. The van der Waals surface area contributed by atoms with Crippen molar-refractivity contribution in [3.8, 4) is 0 Å². The van der Waals surface area contributed by atoms with E-state index in [1.165, 1.54) is 12.1 Å². The molecule has 1 atom stereocenters. The van der Waals surface area contributed by atoms with Crippen LogP contribution < -0.4 is 15.5 Å². The summed E-state index contributed by atoms with van der Waals surface area (Å²) in [6, 6.07) is 7.94. The Balaban J connectivity index is 1.40. The third-order valence-electron chi connectivity index (χ3n) is 4.98. The van der Waals surface area contributed by atoms with Crippen molar-refractivity contribution in [2.75, 3.05) is 36.5 Å². The van der Waals surface area contributed by atoms with Gasteiger partial charge in [0.15, 0.2) is 0 Å². The monoisotopic (exact) mass is 384 g/mol. The minimum atomic E-state index is -0.634. The lowest BCUT2D eigenvalue weighted by Crippen LogP contribution is -2.36. The lowest BCUT2D eigenvalue weighted by molar-refractivity contribution is -0.126. The van der Waals surface area contributed by atoms with Gasteiger partial charge < -0.3 is 20.3 Å². The van der Waals surface area contributed by atoms with Crippen molar-refractivity contribution in [1.29, 1.82) is 0 Å². The van der Waals surface area contributed by atoms with E-state index in [0.717, 1.165) is 24.5 Å². The van der Waals surface area contributed by atoms with Gasteiger partial charge >= 0.3 is 0 Å². The Labute approximate surface area is 161 Å². The van der Waals surface area contributed by atoms with E-state index in [1.54, 1.807) is 12.3 Å². The molecule has 2 aliphatic heterocycles. The first kappa shape index (κ1) is 18.4. The molecule has 0 unspecified atom stereocenters. The number of morpholine rings is 1. The molecule has 0 spiro atoms. The number of anilines is 2. The number of hydrogen-bond donors (Lipinski definition) is 2. The molecular formula is C20H21FN4O3. The van der Waals surface area contributed by atoms with Gasteiger partial charge in [-0.15, -0.1) is 0 Å². The Hall–Kier alpha value is -3.00. The summed E-state index contributed by atoms with van der Waals surface area (Å²) in [6.07, 6.45) is 1.78. The number of amides is 2. The Morgan fingerprint density at radius 1 is 1.29 bits per heavy atom. The number of fused-ring (bicyclic) bond motifs is 1. The maximum Gasteiger partial charge on any atom is 0.228 e. The number of carbonyl (C=O) groups excluding carboxylic acids is 2. The molecule has 0 saturated carbocycles. The standard InChI is InChI=1S/C20H21FN4O3/c21-14-2-3-15-16(10-19(26)24-17(15)9-14)20(27)23-12-13-1-4-18(22-11-13)25-5-7-28-8-6-25/h1-4,9,11,16H,5-8,10,12H2,(H,23,27)(H,24,26)/t16-/m1/s1.